The second kappa shape index (κ2) is 4.54. The SMILES string of the molecule is O=[P+]1OCC[C@@H](c2ccc(F)cc2Cl)O1. The zero-order valence-electron chi connectivity index (χ0n) is 7.65. The van der Waals surface area contributed by atoms with Gasteiger partial charge < -0.3 is 0 Å². The van der Waals surface area contributed by atoms with Gasteiger partial charge in [0, 0.05) is 21.6 Å². The van der Waals surface area contributed by atoms with E-state index in [2.05, 4.69) is 0 Å². The Bertz CT molecular complexity index is 399. The van der Waals surface area contributed by atoms with Crippen LogP contribution in [0.2, 0.25) is 5.02 Å². The Morgan fingerprint density at radius 3 is 3.00 bits per heavy atom. The Labute approximate surface area is 92.1 Å². The van der Waals surface area contributed by atoms with Gasteiger partial charge in [0.2, 0.25) is 0 Å². The Balaban J connectivity index is 2.24. The van der Waals surface area contributed by atoms with Crippen LogP contribution in [0.4, 0.5) is 4.39 Å². The van der Waals surface area contributed by atoms with Crippen LogP contribution in [0.15, 0.2) is 18.2 Å². The van der Waals surface area contributed by atoms with Crippen molar-refractivity contribution in [3.05, 3.63) is 34.6 Å². The predicted molar refractivity (Wildman–Crippen MR) is 53.4 cm³/mol. The van der Waals surface area contributed by atoms with E-state index in [1.54, 1.807) is 0 Å². The van der Waals surface area contributed by atoms with Gasteiger partial charge in [-0.25, -0.2) is 4.39 Å². The lowest BCUT2D eigenvalue weighted by Gasteiger charge is -2.14. The van der Waals surface area contributed by atoms with Crippen molar-refractivity contribution < 1.29 is 18.0 Å². The number of rotatable bonds is 1. The molecule has 0 amide bonds. The van der Waals surface area contributed by atoms with E-state index < -0.39 is 14.1 Å². The van der Waals surface area contributed by atoms with E-state index in [-0.39, 0.29) is 11.1 Å². The molecular formula is C9H8ClFO3P+. The molecule has 3 nitrogen and oxygen atoms in total. The lowest BCUT2D eigenvalue weighted by atomic mass is 10.1. The predicted octanol–water partition coefficient (Wildman–Crippen LogP) is 3.61. The zero-order chi connectivity index (χ0) is 10.8. The molecule has 1 aromatic rings. The van der Waals surface area contributed by atoms with E-state index in [1.807, 2.05) is 0 Å². The van der Waals surface area contributed by atoms with Crippen LogP contribution in [-0.2, 0) is 13.6 Å². The van der Waals surface area contributed by atoms with Crippen molar-refractivity contribution in [2.24, 2.45) is 0 Å². The van der Waals surface area contributed by atoms with E-state index >= 15 is 0 Å². The topological polar surface area (TPSA) is 35.5 Å². The van der Waals surface area contributed by atoms with Gasteiger partial charge in [0.25, 0.3) is 0 Å². The van der Waals surface area contributed by atoms with Gasteiger partial charge in [0.1, 0.15) is 18.5 Å². The Morgan fingerprint density at radius 2 is 2.33 bits per heavy atom. The molecule has 0 aromatic heterocycles. The maximum atomic E-state index is 12.8. The summed E-state index contributed by atoms with van der Waals surface area (Å²) in [6.45, 7) is 0.355. The average Bonchev–Trinajstić information content (AvgIpc) is 2.17. The van der Waals surface area contributed by atoms with Crippen molar-refractivity contribution in [2.45, 2.75) is 12.5 Å². The van der Waals surface area contributed by atoms with Crippen molar-refractivity contribution in [3.63, 3.8) is 0 Å². The third kappa shape index (κ3) is 2.52. The molecule has 0 spiro atoms. The quantitative estimate of drug-likeness (QED) is 0.713. The van der Waals surface area contributed by atoms with Crippen molar-refractivity contribution in [1.82, 2.24) is 0 Å². The summed E-state index contributed by atoms with van der Waals surface area (Å²) in [5.74, 6) is -0.403. The maximum Gasteiger partial charge on any atom is 0.698 e. The molecule has 80 valence electrons. The largest absolute Gasteiger partial charge is 0.698 e. The Morgan fingerprint density at radius 1 is 1.53 bits per heavy atom. The molecule has 0 saturated carbocycles. The molecule has 0 N–H and O–H groups in total. The minimum absolute atomic E-state index is 0.283. The Kier molecular flexibility index (Phi) is 3.32. The number of hydrogen-bond acceptors (Lipinski definition) is 3. The maximum absolute atomic E-state index is 12.8. The number of hydrogen-bond donors (Lipinski definition) is 0. The zero-order valence-corrected chi connectivity index (χ0v) is 9.30. The summed E-state index contributed by atoms with van der Waals surface area (Å²) >= 11 is 5.85. The average molecular weight is 250 g/mol. The highest BCUT2D eigenvalue weighted by atomic mass is 35.5. The summed E-state index contributed by atoms with van der Waals surface area (Å²) in [7, 11) is -2.08. The molecule has 2 rings (SSSR count). The first kappa shape index (κ1) is 11.0. The first-order chi connectivity index (χ1) is 7.16. The van der Waals surface area contributed by atoms with E-state index in [1.165, 1.54) is 18.2 Å². The summed E-state index contributed by atoms with van der Waals surface area (Å²) < 4.78 is 33.6. The highest BCUT2D eigenvalue weighted by Gasteiger charge is 2.35. The molecule has 2 atom stereocenters. The monoisotopic (exact) mass is 249 g/mol. The highest BCUT2D eigenvalue weighted by Crippen LogP contribution is 2.41. The van der Waals surface area contributed by atoms with Crippen LogP contribution in [0, 0.1) is 5.82 Å². The normalized spacial score (nSPS) is 24.1. The van der Waals surface area contributed by atoms with Gasteiger partial charge in [-0.3, -0.25) is 0 Å². The molecule has 1 saturated heterocycles. The molecule has 1 unspecified atom stereocenters. The molecule has 6 heteroatoms. The summed E-state index contributed by atoms with van der Waals surface area (Å²) in [5.41, 5.74) is 0.643. The van der Waals surface area contributed by atoms with Crippen LogP contribution in [0.25, 0.3) is 0 Å². The molecule has 1 aliphatic heterocycles. The molecule has 1 heterocycles. The van der Waals surface area contributed by atoms with E-state index in [0.29, 0.717) is 18.6 Å². The molecule has 1 aliphatic rings. The van der Waals surface area contributed by atoms with Gasteiger partial charge in [-0.2, -0.15) is 0 Å². The van der Waals surface area contributed by atoms with Crippen LogP contribution < -0.4 is 0 Å². The first-order valence-electron chi connectivity index (χ1n) is 4.39. The summed E-state index contributed by atoms with van der Waals surface area (Å²) in [6.07, 6.45) is 0.183. The fraction of sp³-hybridized carbons (Fsp3) is 0.333. The minimum atomic E-state index is -2.08. The molecule has 0 bridgehead atoms. The summed E-state index contributed by atoms with van der Waals surface area (Å²) in [4.78, 5) is 0. The van der Waals surface area contributed by atoms with Crippen LogP contribution in [-0.4, -0.2) is 6.61 Å². The van der Waals surface area contributed by atoms with Gasteiger partial charge in [-0.1, -0.05) is 17.7 Å². The highest BCUT2D eigenvalue weighted by molar-refractivity contribution is 7.33. The molecule has 15 heavy (non-hydrogen) atoms. The molecule has 0 radical (unpaired) electrons. The number of benzene rings is 1. The standard InChI is InChI=1S/C9H8ClFO3P/c10-8-5-6(11)1-2-7(8)9-3-4-13-15(12)14-9/h1-2,5,9H,3-4H2/q+1/t9-/m0/s1. The van der Waals surface area contributed by atoms with E-state index in [9.17, 15) is 8.96 Å². The first-order valence-corrected chi connectivity index (χ1v) is 5.86. The lowest BCUT2D eigenvalue weighted by molar-refractivity contribution is 0.0969. The van der Waals surface area contributed by atoms with Crippen molar-refractivity contribution >= 4 is 19.9 Å². The van der Waals surface area contributed by atoms with Crippen molar-refractivity contribution in [1.29, 1.82) is 0 Å². The van der Waals surface area contributed by atoms with E-state index in [4.69, 9.17) is 20.6 Å². The lowest BCUT2D eigenvalue weighted by Crippen LogP contribution is -2.09. The minimum Gasteiger partial charge on any atom is -0.207 e. The van der Waals surface area contributed by atoms with Gasteiger partial charge in [0.05, 0.1) is 0 Å². The van der Waals surface area contributed by atoms with Crippen LogP contribution in [0.1, 0.15) is 18.1 Å². The fourth-order valence-corrected chi connectivity index (χ4v) is 2.43. The van der Waals surface area contributed by atoms with Crippen LogP contribution >= 0.6 is 19.9 Å². The molecule has 0 aliphatic carbocycles. The third-order valence-corrected chi connectivity index (χ3v) is 3.25. The molecule has 1 aromatic carbocycles. The second-order valence-electron chi connectivity index (χ2n) is 3.11. The molecule has 1 fully saturated rings. The summed E-state index contributed by atoms with van der Waals surface area (Å²) in [6, 6.07) is 4.05. The molecular weight excluding hydrogens is 242 g/mol. The van der Waals surface area contributed by atoms with Gasteiger partial charge in [-0.15, -0.1) is 9.05 Å². The second-order valence-corrected chi connectivity index (χ2v) is 4.43. The third-order valence-electron chi connectivity index (χ3n) is 2.10. The Hall–Kier alpha value is -0.540. The van der Waals surface area contributed by atoms with Crippen LogP contribution in [0.5, 0.6) is 0 Å². The van der Waals surface area contributed by atoms with Gasteiger partial charge in [-0.05, 0) is 12.1 Å². The van der Waals surface area contributed by atoms with Crippen molar-refractivity contribution in [3.8, 4) is 0 Å². The number of halogens is 2. The van der Waals surface area contributed by atoms with Gasteiger partial charge >= 0.3 is 8.25 Å². The van der Waals surface area contributed by atoms with Gasteiger partial charge in [0.15, 0.2) is 0 Å². The smallest absolute Gasteiger partial charge is 0.207 e. The fourth-order valence-electron chi connectivity index (χ4n) is 1.40. The van der Waals surface area contributed by atoms with E-state index in [0.717, 1.165) is 0 Å². The summed E-state index contributed by atoms with van der Waals surface area (Å²) in [5, 5.41) is 0.283. The van der Waals surface area contributed by atoms with Crippen molar-refractivity contribution in [2.75, 3.05) is 6.61 Å². The van der Waals surface area contributed by atoms with Crippen LogP contribution in [0.3, 0.4) is 0 Å².